The van der Waals surface area contributed by atoms with Crippen molar-refractivity contribution < 1.29 is 0 Å². The molecule has 0 radical (unpaired) electrons. The molecule has 0 aliphatic carbocycles. The van der Waals surface area contributed by atoms with Gasteiger partial charge >= 0.3 is 0 Å². The minimum absolute atomic E-state index is 0.687. The highest BCUT2D eigenvalue weighted by molar-refractivity contribution is 4.86. The second-order valence-electron chi connectivity index (χ2n) is 6.83. The molecule has 4 heteroatoms. The molecule has 1 aromatic heterocycles. The van der Waals surface area contributed by atoms with Gasteiger partial charge in [-0.2, -0.15) is 0 Å². The average Bonchev–Trinajstić information content (AvgIpc) is 2.94. The van der Waals surface area contributed by atoms with E-state index in [-0.39, 0.29) is 0 Å². The highest BCUT2D eigenvalue weighted by Gasteiger charge is 2.27. The first-order chi connectivity index (χ1) is 10.2. The Bertz CT molecular complexity index is 374. The van der Waals surface area contributed by atoms with E-state index in [1.807, 2.05) is 12.5 Å². The lowest BCUT2D eigenvalue weighted by Crippen LogP contribution is -2.56. The van der Waals surface area contributed by atoms with Crippen LogP contribution in [0.2, 0.25) is 0 Å². The summed E-state index contributed by atoms with van der Waals surface area (Å²) in [6, 6.07) is 1.40. The number of piperazine rings is 1. The highest BCUT2D eigenvalue weighted by atomic mass is 15.2. The van der Waals surface area contributed by atoms with Crippen LogP contribution >= 0.6 is 0 Å². The van der Waals surface area contributed by atoms with Gasteiger partial charge in [-0.25, -0.2) is 4.98 Å². The van der Waals surface area contributed by atoms with E-state index in [1.165, 1.54) is 38.8 Å². The molecule has 120 valence electrons. The Hall–Kier alpha value is -0.870. The molecular weight excluding hydrogens is 260 g/mol. The molecule has 2 unspecified atom stereocenters. The third-order valence-electron chi connectivity index (χ3n) is 4.41. The van der Waals surface area contributed by atoms with Crippen molar-refractivity contribution in [2.75, 3.05) is 19.6 Å². The minimum atomic E-state index is 0.687. The fourth-order valence-corrected chi connectivity index (χ4v) is 3.40. The van der Waals surface area contributed by atoms with Crippen molar-refractivity contribution in [2.24, 2.45) is 5.92 Å². The molecule has 2 rings (SSSR count). The summed E-state index contributed by atoms with van der Waals surface area (Å²) in [5, 5.41) is 3.75. The summed E-state index contributed by atoms with van der Waals surface area (Å²) in [4.78, 5) is 6.85. The predicted molar refractivity (Wildman–Crippen MR) is 88.4 cm³/mol. The van der Waals surface area contributed by atoms with Gasteiger partial charge in [0, 0.05) is 50.7 Å². The Morgan fingerprint density at radius 2 is 2.19 bits per heavy atom. The summed E-state index contributed by atoms with van der Waals surface area (Å²) in [7, 11) is 0. The average molecular weight is 292 g/mol. The van der Waals surface area contributed by atoms with Gasteiger partial charge in [-0.1, -0.05) is 27.2 Å². The van der Waals surface area contributed by atoms with E-state index in [0.29, 0.717) is 12.1 Å². The molecule has 0 amide bonds. The number of imidazole rings is 1. The van der Waals surface area contributed by atoms with Crippen molar-refractivity contribution in [3.05, 3.63) is 18.7 Å². The zero-order valence-electron chi connectivity index (χ0n) is 14.0. The molecular formula is C17H32N4. The topological polar surface area (TPSA) is 33.1 Å². The van der Waals surface area contributed by atoms with Crippen LogP contribution in [0.25, 0.3) is 0 Å². The Morgan fingerprint density at radius 1 is 1.33 bits per heavy atom. The van der Waals surface area contributed by atoms with Crippen LogP contribution in [0.1, 0.15) is 46.5 Å². The third kappa shape index (κ3) is 5.44. The number of rotatable bonds is 8. The molecule has 2 heterocycles. The van der Waals surface area contributed by atoms with Crippen LogP contribution in [-0.4, -0.2) is 46.2 Å². The zero-order valence-corrected chi connectivity index (χ0v) is 14.0. The summed E-state index contributed by atoms with van der Waals surface area (Å²) >= 11 is 0. The van der Waals surface area contributed by atoms with Crippen LogP contribution < -0.4 is 5.32 Å². The van der Waals surface area contributed by atoms with Gasteiger partial charge in [-0.3, -0.25) is 4.90 Å². The SMILES string of the molecule is CCCC1CN(CCCn2ccnc2)C(CC(C)C)CN1. The second kappa shape index (κ2) is 8.54. The molecule has 1 N–H and O–H groups in total. The fourth-order valence-electron chi connectivity index (χ4n) is 3.40. The van der Waals surface area contributed by atoms with E-state index < -0.39 is 0 Å². The Kier molecular flexibility index (Phi) is 6.71. The Balaban J connectivity index is 1.83. The molecule has 1 saturated heterocycles. The fraction of sp³-hybridized carbons (Fsp3) is 0.824. The van der Waals surface area contributed by atoms with Crippen molar-refractivity contribution in [1.29, 1.82) is 0 Å². The van der Waals surface area contributed by atoms with Gasteiger partial charge in [0.15, 0.2) is 0 Å². The number of hydrogen-bond acceptors (Lipinski definition) is 3. The van der Waals surface area contributed by atoms with Crippen LogP contribution in [0.3, 0.4) is 0 Å². The molecule has 0 aromatic carbocycles. The van der Waals surface area contributed by atoms with E-state index in [0.717, 1.165) is 19.0 Å². The molecule has 1 aliphatic rings. The van der Waals surface area contributed by atoms with Gasteiger partial charge in [0.1, 0.15) is 0 Å². The molecule has 0 bridgehead atoms. The molecule has 0 saturated carbocycles. The van der Waals surface area contributed by atoms with Crippen LogP contribution in [0.4, 0.5) is 0 Å². The number of nitrogens with one attached hydrogen (secondary N) is 1. The van der Waals surface area contributed by atoms with E-state index in [4.69, 9.17) is 0 Å². The first kappa shape index (κ1) is 16.5. The van der Waals surface area contributed by atoms with E-state index in [1.54, 1.807) is 0 Å². The Morgan fingerprint density at radius 3 is 2.86 bits per heavy atom. The summed E-state index contributed by atoms with van der Waals surface area (Å²) in [6.07, 6.45) is 10.9. The van der Waals surface area contributed by atoms with Gasteiger partial charge in [0.2, 0.25) is 0 Å². The number of aromatic nitrogens is 2. The van der Waals surface area contributed by atoms with Crippen LogP contribution in [0.5, 0.6) is 0 Å². The molecule has 21 heavy (non-hydrogen) atoms. The maximum absolute atomic E-state index is 4.12. The van der Waals surface area contributed by atoms with E-state index in [2.05, 4.69) is 46.7 Å². The summed E-state index contributed by atoms with van der Waals surface area (Å²) in [5.41, 5.74) is 0. The van der Waals surface area contributed by atoms with Crippen molar-refractivity contribution in [3.63, 3.8) is 0 Å². The van der Waals surface area contributed by atoms with Crippen LogP contribution in [0, 0.1) is 5.92 Å². The molecule has 0 spiro atoms. The normalized spacial score (nSPS) is 23.8. The number of aryl methyl sites for hydroxylation is 1. The first-order valence-corrected chi connectivity index (χ1v) is 8.62. The third-order valence-corrected chi connectivity index (χ3v) is 4.41. The van der Waals surface area contributed by atoms with Gasteiger partial charge < -0.3 is 9.88 Å². The lowest BCUT2D eigenvalue weighted by Gasteiger charge is -2.41. The van der Waals surface area contributed by atoms with Crippen LogP contribution in [-0.2, 0) is 6.54 Å². The predicted octanol–water partition coefficient (Wildman–Crippen LogP) is 2.76. The van der Waals surface area contributed by atoms with Gasteiger partial charge in [-0.15, -0.1) is 0 Å². The number of hydrogen-bond donors (Lipinski definition) is 1. The quantitative estimate of drug-likeness (QED) is 0.800. The lowest BCUT2D eigenvalue weighted by molar-refractivity contribution is 0.108. The molecule has 1 fully saturated rings. The maximum Gasteiger partial charge on any atom is 0.0945 e. The standard InChI is InChI=1S/C17H32N4/c1-4-6-16-13-21(17(12-19-16)11-15(2)3)9-5-8-20-10-7-18-14-20/h7,10,14-17,19H,4-6,8-9,11-13H2,1-3H3. The van der Waals surface area contributed by atoms with Crippen molar-refractivity contribution in [1.82, 2.24) is 19.8 Å². The molecule has 2 atom stereocenters. The zero-order chi connectivity index (χ0) is 15.1. The van der Waals surface area contributed by atoms with Crippen molar-refractivity contribution >= 4 is 0 Å². The smallest absolute Gasteiger partial charge is 0.0945 e. The van der Waals surface area contributed by atoms with Gasteiger partial charge in [0.25, 0.3) is 0 Å². The maximum atomic E-state index is 4.12. The minimum Gasteiger partial charge on any atom is -0.337 e. The van der Waals surface area contributed by atoms with Crippen molar-refractivity contribution in [2.45, 2.75) is 65.1 Å². The summed E-state index contributed by atoms with van der Waals surface area (Å²) < 4.78 is 2.18. The van der Waals surface area contributed by atoms with Gasteiger partial charge in [0.05, 0.1) is 6.33 Å². The monoisotopic (exact) mass is 292 g/mol. The van der Waals surface area contributed by atoms with Crippen LogP contribution in [0.15, 0.2) is 18.7 Å². The van der Waals surface area contributed by atoms with E-state index >= 15 is 0 Å². The Labute approximate surface area is 129 Å². The molecule has 1 aliphatic heterocycles. The first-order valence-electron chi connectivity index (χ1n) is 8.62. The lowest BCUT2D eigenvalue weighted by atomic mass is 9.97. The summed E-state index contributed by atoms with van der Waals surface area (Å²) in [6.45, 7) is 11.6. The molecule has 4 nitrogen and oxygen atoms in total. The second-order valence-corrected chi connectivity index (χ2v) is 6.83. The van der Waals surface area contributed by atoms with Gasteiger partial charge in [-0.05, 0) is 25.2 Å². The van der Waals surface area contributed by atoms with Crippen molar-refractivity contribution in [3.8, 4) is 0 Å². The summed E-state index contributed by atoms with van der Waals surface area (Å²) in [5.74, 6) is 0.774. The van der Waals surface area contributed by atoms with E-state index in [9.17, 15) is 0 Å². The largest absolute Gasteiger partial charge is 0.337 e. The molecule has 1 aromatic rings. The highest BCUT2D eigenvalue weighted by Crippen LogP contribution is 2.17. The number of nitrogens with zero attached hydrogens (tertiary/aromatic N) is 3.